The lowest BCUT2D eigenvalue weighted by Crippen LogP contribution is -2.16. The van der Waals surface area contributed by atoms with Crippen LogP contribution in [0, 0.1) is 11.3 Å². The molecule has 0 spiro atoms. The molecule has 21 heavy (non-hydrogen) atoms. The van der Waals surface area contributed by atoms with Crippen LogP contribution in [0.2, 0.25) is 0 Å². The molecule has 1 heterocycles. The molecule has 3 rings (SSSR count). The summed E-state index contributed by atoms with van der Waals surface area (Å²) in [6.45, 7) is 0. The molecule has 2 N–H and O–H groups in total. The number of nitriles is 1. The second-order valence-corrected chi connectivity index (χ2v) is 5.38. The Morgan fingerprint density at radius 3 is 2.52 bits per heavy atom. The van der Waals surface area contributed by atoms with Gasteiger partial charge < -0.3 is 5.73 Å². The maximum Gasteiger partial charge on any atom is 0.280 e. The minimum Gasteiger partial charge on any atom is -0.382 e. The van der Waals surface area contributed by atoms with E-state index in [1.54, 1.807) is 0 Å². The molecule has 5 nitrogen and oxygen atoms in total. The van der Waals surface area contributed by atoms with Gasteiger partial charge in [-0.05, 0) is 36.5 Å². The number of benzene rings is 1. The van der Waals surface area contributed by atoms with E-state index in [9.17, 15) is 4.79 Å². The largest absolute Gasteiger partial charge is 0.382 e. The van der Waals surface area contributed by atoms with Gasteiger partial charge in [0.05, 0.1) is 6.20 Å². The molecule has 0 unspecified atom stereocenters. The summed E-state index contributed by atoms with van der Waals surface area (Å²) < 4.78 is 1.07. The van der Waals surface area contributed by atoms with Crippen molar-refractivity contribution in [2.24, 2.45) is 0 Å². The predicted molar refractivity (Wildman–Crippen MR) is 78.7 cm³/mol. The van der Waals surface area contributed by atoms with Gasteiger partial charge in [-0.3, -0.25) is 4.79 Å². The lowest BCUT2D eigenvalue weighted by molar-refractivity contribution is 0.0948. The van der Waals surface area contributed by atoms with E-state index in [4.69, 9.17) is 11.0 Å². The molecule has 5 heteroatoms. The maximum absolute atomic E-state index is 12.3. The number of anilines is 1. The highest BCUT2D eigenvalue weighted by atomic mass is 16.2. The molecule has 0 bridgehead atoms. The molecule has 0 atom stereocenters. The van der Waals surface area contributed by atoms with Crippen LogP contribution >= 0.6 is 0 Å². The first kappa shape index (κ1) is 13.4. The van der Waals surface area contributed by atoms with E-state index < -0.39 is 0 Å². The number of carbonyl (C=O) groups is 1. The number of nitrogens with two attached hydrogens (primary N) is 1. The highest BCUT2D eigenvalue weighted by Gasteiger charge is 2.19. The highest BCUT2D eigenvalue weighted by Crippen LogP contribution is 2.34. The zero-order valence-corrected chi connectivity index (χ0v) is 11.6. The first-order chi connectivity index (χ1) is 10.2. The lowest BCUT2D eigenvalue weighted by atomic mass is 9.96. The van der Waals surface area contributed by atoms with Crippen LogP contribution in [-0.4, -0.2) is 15.7 Å². The molecular formula is C16H16N4O. The summed E-state index contributed by atoms with van der Waals surface area (Å²) in [5, 5.41) is 12.7. The highest BCUT2D eigenvalue weighted by molar-refractivity contribution is 5.97. The van der Waals surface area contributed by atoms with Gasteiger partial charge in [-0.15, -0.1) is 0 Å². The van der Waals surface area contributed by atoms with Crippen molar-refractivity contribution in [3.8, 4) is 6.07 Å². The van der Waals surface area contributed by atoms with Gasteiger partial charge in [-0.2, -0.15) is 15.0 Å². The molecule has 0 aliphatic heterocycles. The number of hydrogen-bond acceptors (Lipinski definition) is 4. The molecule has 1 aliphatic carbocycles. The summed E-state index contributed by atoms with van der Waals surface area (Å²) >= 11 is 0. The Kier molecular flexibility index (Phi) is 3.44. The van der Waals surface area contributed by atoms with E-state index in [0.29, 0.717) is 11.5 Å². The van der Waals surface area contributed by atoms with Crippen LogP contribution in [0.1, 0.15) is 53.1 Å². The first-order valence-corrected chi connectivity index (χ1v) is 7.09. The van der Waals surface area contributed by atoms with Crippen LogP contribution in [0.25, 0.3) is 0 Å². The third-order valence-electron chi connectivity index (χ3n) is 4.10. The Bertz CT molecular complexity index is 703. The van der Waals surface area contributed by atoms with Gasteiger partial charge in [0.25, 0.3) is 5.91 Å². The molecule has 106 valence electrons. The third kappa shape index (κ3) is 2.40. The van der Waals surface area contributed by atoms with Crippen molar-refractivity contribution in [3.05, 3.63) is 47.2 Å². The Morgan fingerprint density at radius 1 is 1.29 bits per heavy atom. The zero-order chi connectivity index (χ0) is 14.8. The molecule has 0 saturated heterocycles. The van der Waals surface area contributed by atoms with Gasteiger partial charge in [0.15, 0.2) is 0 Å². The SMILES string of the molecule is N#Cc1cnn(C(=O)c2ccc(C3CCCC3)cc2)c1N. The average Bonchev–Trinajstić information content (AvgIpc) is 3.16. The summed E-state index contributed by atoms with van der Waals surface area (Å²) in [6.07, 6.45) is 6.33. The normalized spacial score (nSPS) is 15.0. The van der Waals surface area contributed by atoms with E-state index >= 15 is 0 Å². The van der Waals surface area contributed by atoms with Crippen molar-refractivity contribution in [2.75, 3.05) is 5.73 Å². The number of nitrogens with zero attached hydrogens (tertiary/aromatic N) is 3. The first-order valence-electron chi connectivity index (χ1n) is 7.09. The molecular weight excluding hydrogens is 264 g/mol. The Hall–Kier alpha value is -2.61. The smallest absolute Gasteiger partial charge is 0.280 e. The minimum absolute atomic E-state index is 0.0855. The molecule has 2 aromatic rings. The van der Waals surface area contributed by atoms with E-state index in [1.807, 2.05) is 30.3 Å². The van der Waals surface area contributed by atoms with E-state index in [2.05, 4.69) is 5.10 Å². The Balaban J connectivity index is 1.84. The van der Waals surface area contributed by atoms with Gasteiger partial charge in [0.1, 0.15) is 17.5 Å². The second kappa shape index (κ2) is 5.41. The number of nitrogen functional groups attached to an aromatic ring is 1. The third-order valence-corrected chi connectivity index (χ3v) is 4.10. The van der Waals surface area contributed by atoms with Crippen LogP contribution in [0.15, 0.2) is 30.5 Å². The summed E-state index contributed by atoms with van der Waals surface area (Å²) in [4.78, 5) is 12.3. The number of carbonyl (C=O) groups excluding carboxylic acids is 1. The maximum atomic E-state index is 12.3. The van der Waals surface area contributed by atoms with Crippen molar-refractivity contribution in [1.29, 1.82) is 5.26 Å². The molecule has 1 aromatic heterocycles. The fourth-order valence-electron chi connectivity index (χ4n) is 2.89. The van der Waals surface area contributed by atoms with Crippen LogP contribution in [0.3, 0.4) is 0 Å². The number of rotatable bonds is 2. The second-order valence-electron chi connectivity index (χ2n) is 5.38. The predicted octanol–water partition coefficient (Wildman–Crippen LogP) is 2.68. The van der Waals surface area contributed by atoms with Crippen LogP contribution in [-0.2, 0) is 0 Å². The Labute approximate surface area is 123 Å². The molecule has 1 saturated carbocycles. The van der Waals surface area contributed by atoms with Crippen LogP contribution in [0.4, 0.5) is 5.82 Å². The number of aromatic nitrogens is 2. The van der Waals surface area contributed by atoms with Crippen LogP contribution in [0.5, 0.6) is 0 Å². The van der Waals surface area contributed by atoms with Gasteiger partial charge in [-0.25, -0.2) is 0 Å². The topological polar surface area (TPSA) is 84.7 Å². The van der Waals surface area contributed by atoms with Gasteiger partial charge in [0, 0.05) is 5.56 Å². The quantitative estimate of drug-likeness (QED) is 0.916. The molecule has 1 aliphatic rings. The molecule has 0 amide bonds. The van der Waals surface area contributed by atoms with Gasteiger partial charge in [0.2, 0.25) is 0 Å². The Morgan fingerprint density at radius 2 is 1.95 bits per heavy atom. The fraction of sp³-hybridized carbons (Fsp3) is 0.312. The molecule has 1 aromatic carbocycles. The van der Waals surface area contributed by atoms with Crippen molar-refractivity contribution in [2.45, 2.75) is 31.6 Å². The summed E-state index contributed by atoms with van der Waals surface area (Å²) in [5.74, 6) is 0.392. The fourth-order valence-corrected chi connectivity index (χ4v) is 2.89. The monoisotopic (exact) mass is 280 g/mol. The van der Waals surface area contributed by atoms with E-state index in [1.165, 1.54) is 37.4 Å². The van der Waals surface area contributed by atoms with Crippen LogP contribution < -0.4 is 5.73 Å². The summed E-state index contributed by atoms with van der Waals surface area (Å²) in [7, 11) is 0. The minimum atomic E-state index is -0.313. The molecule has 1 fully saturated rings. The van der Waals surface area contributed by atoms with E-state index in [0.717, 1.165) is 4.68 Å². The van der Waals surface area contributed by atoms with Gasteiger partial charge in [-0.1, -0.05) is 25.0 Å². The lowest BCUT2D eigenvalue weighted by Gasteiger charge is -2.10. The molecule has 0 radical (unpaired) electrons. The van der Waals surface area contributed by atoms with Crippen molar-refractivity contribution < 1.29 is 4.79 Å². The number of hydrogen-bond donors (Lipinski definition) is 1. The van der Waals surface area contributed by atoms with Crippen molar-refractivity contribution >= 4 is 11.7 Å². The summed E-state index contributed by atoms with van der Waals surface area (Å²) in [6, 6.07) is 9.54. The zero-order valence-electron chi connectivity index (χ0n) is 11.6. The summed E-state index contributed by atoms with van der Waals surface area (Å²) in [5.41, 5.74) is 7.76. The van der Waals surface area contributed by atoms with E-state index in [-0.39, 0.29) is 17.3 Å². The van der Waals surface area contributed by atoms with Crippen molar-refractivity contribution in [1.82, 2.24) is 9.78 Å². The average molecular weight is 280 g/mol. The van der Waals surface area contributed by atoms with Gasteiger partial charge >= 0.3 is 0 Å². The standard InChI is InChI=1S/C16H16N4O/c17-9-14-10-19-20(15(14)18)16(21)13-7-5-12(6-8-13)11-3-1-2-4-11/h5-8,10-11H,1-4,18H2. The van der Waals surface area contributed by atoms with Crippen molar-refractivity contribution in [3.63, 3.8) is 0 Å².